The number of amides is 1. The van der Waals surface area contributed by atoms with E-state index in [1.54, 1.807) is 11.3 Å². The van der Waals surface area contributed by atoms with Crippen molar-refractivity contribution in [3.63, 3.8) is 0 Å². The van der Waals surface area contributed by atoms with Gasteiger partial charge in [0, 0.05) is 30.0 Å². The summed E-state index contributed by atoms with van der Waals surface area (Å²) in [4.78, 5) is 16.2. The third-order valence-electron chi connectivity index (χ3n) is 4.45. The molecule has 21 heavy (non-hydrogen) atoms. The fourth-order valence-corrected chi connectivity index (χ4v) is 4.54. The van der Waals surface area contributed by atoms with Gasteiger partial charge in [-0.25, -0.2) is 0 Å². The first-order valence-corrected chi connectivity index (χ1v) is 8.77. The van der Waals surface area contributed by atoms with Crippen molar-refractivity contribution < 1.29 is 9.53 Å². The molecule has 4 nitrogen and oxygen atoms in total. The molecule has 1 aromatic heterocycles. The summed E-state index contributed by atoms with van der Waals surface area (Å²) in [7, 11) is 2.07. The lowest BCUT2D eigenvalue weighted by Gasteiger charge is -2.20. The molecule has 1 aliphatic heterocycles. The second-order valence-corrected chi connectivity index (χ2v) is 7.02. The molecule has 2 aliphatic rings. The Morgan fingerprint density at radius 3 is 3.05 bits per heavy atom. The summed E-state index contributed by atoms with van der Waals surface area (Å²) < 4.78 is 5.76. The standard InChI is InChI=1S/C16H24N2O2S/c1-3-20-14-9-18(2)8-13(14)17-16(19)12-10-21-15-7-5-4-6-11(12)15/h10,13-14H,3-9H2,1-2H3,(H,17,19)/t13-,14-/m0/s1. The van der Waals surface area contributed by atoms with Crippen molar-refractivity contribution in [2.75, 3.05) is 26.7 Å². The maximum absolute atomic E-state index is 12.6. The van der Waals surface area contributed by atoms with Crippen molar-refractivity contribution >= 4 is 17.2 Å². The second kappa shape index (κ2) is 6.46. The highest BCUT2D eigenvalue weighted by Gasteiger charge is 2.33. The van der Waals surface area contributed by atoms with Gasteiger partial charge >= 0.3 is 0 Å². The summed E-state index contributed by atoms with van der Waals surface area (Å²) in [5, 5.41) is 5.24. The minimum absolute atomic E-state index is 0.0828. The number of hydrogen-bond acceptors (Lipinski definition) is 4. The summed E-state index contributed by atoms with van der Waals surface area (Å²) in [6.07, 6.45) is 4.77. The lowest BCUT2D eigenvalue weighted by molar-refractivity contribution is 0.0513. The molecule has 0 radical (unpaired) electrons. The Kier molecular flexibility index (Phi) is 4.62. The first kappa shape index (κ1) is 15.0. The number of nitrogens with zero attached hydrogens (tertiary/aromatic N) is 1. The zero-order valence-electron chi connectivity index (χ0n) is 12.9. The summed E-state index contributed by atoms with van der Waals surface area (Å²) in [5.41, 5.74) is 2.20. The fraction of sp³-hybridized carbons (Fsp3) is 0.688. The molecular weight excluding hydrogens is 284 g/mol. The quantitative estimate of drug-likeness (QED) is 0.926. The lowest BCUT2D eigenvalue weighted by atomic mass is 9.95. The number of thiophene rings is 1. The van der Waals surface area contributed by atoms with Gasteiger partial charge in [-0.3, -0.25) is 4.79 Å². The Morgan fingerprint density at radius 1 is 1.43 bits per heavy atom. The van der Waals surface area contributed by atoms with Crippen LogP contribution in [0, 0.1) is 0 Å². The second-order valence-electron chi connectivity index (χ2n) is 6.05. The molecule has 2 heterocycles. The minimum Gasteiger partial charge on any atom is -0.375 e. The molecule has 0 saturated carbocycles. The van der Waals surface area contributed by atoms with Crippen molar-refractivity contribution in [3.8, 4) is 0 Å². The fourth-order valence-electron chi connectivity index (χ4n) is 3.41. The molecule has 0 unspecified atom stereocenters. The van der Waals surface area contributed by atoms with Crippen molar-refractivity contribution in [2.24, 2.45) is 0 Å². The number of fused-ring (bicyclic) bond motifs is 1. The van der Waals surface area contributed by atoms with Crippen LogP contribution in [0.15, 0.2) is 5.38 Å². The summed E-state index contributed by atoms with van der Waals surface area (Å²) in [6.45, 7) is 4.45. The molecule has 1 fully saturated rings. The topological polar surface area (TPSA) is 41.6 Å². The molecule has 1 aliphatic carbocycles. The monoisotopic (exact) mass is 308 g/mol. The van der Waals surface area contributed by atoms with Crippen LogP contribution in [0.25, 0.3) is 0 Å². The number of aryl methyl sites for hydroxylation is 1. The van der Waals surface area contributed by atoms with E-state index in [0.29, 0.717) is 6.61 Å². The van der Waals surface area contributed by atoms with E-state index in [4.69, 9.17) is 4.74 Å². The van der Waals surface area contributed by atoms with Gasteiger partial charge in [-0.15, -0.1) is 11.3 Å². The summed E-state index contributed by atoms with van der Waals surface area (Å²) >= 11 is 1.75. The van der Waals surface area contributed by atoms with Gasteiger partial charge in [0.25, 0.3) is 5.91 Å². The molecule has 0 aromatic carbocycles. The molecule has 0 bridgehead atoms. The number of hydrogen-bond donors (Lipinski definition) is 1. The third kappa shape index (κ3) is 3.15. The van der Waals surface area contributed by atoms with E-state index >= 15 is 0 Å². The van der Waals surface area contributed by atoms with Crippen LogP contribution >= 0.6 is 11.3 Å². The summed E-state index contributed by atoms with van der Waals surface area (Å²) in [6, 6.07) is 0.0987. The number of rotatable bonds is 4. The largest absolute Gasteiger partial charge is 0.375 e. The first-order valence-electron chi connectivity index (χ1n) is 7.89. The van der Waals surface area contributed by atoms with E-state index < -0.39 is 0 Å². The van der Waals surface area contributed by atoms with Crippen LogP contribution in [0.3, 0.4) is 0 Å². The van der Waals surface area contributed by atoms with Crippen LogP contribution in [0.1, 0.15) is 40.6 Å². The van der Waals surface area contributed by atoms with Crippen molar-refractivity contribution in [1.82, 2.24) is 10.2 Å². The predicted octanol–water partition coefficient (Wildman–Crippen LogP) is 2.08. The normalized spacial score (nSPS) is 25.8. The van der Waals surface area contributed by atoms with Gasteiger partial charge in [-0.1, -0.05) is 0 Å². The Hall–Kier alpha value is -0.910. The molecule has 3 rings (SSSR count). The predicted molar refractivity (Wildman–Crippen MR) is 85.1 cm³/mol. The maximum atomic E-state index is 12.6. The van der Waals surface area contributed by atoms with Crippen molar-refractivity contribution in [3.05, 3.63) is 21.4 Å². The van der Waals surface area contributed by atoms with E-state index in [1.807, 2.05) is 12.3 Å². The highest BCUT2D eigenvalue weighted by molar-refractivity contribution is 7.10. The number of ether oxygens (including phenoxy) is 1. The molecule has 2 atom stereocenters. The summed E-state index contributed by atoms with van der Waals surface area (Å²) in [5.74, 6) is 0.0828. The molecular formula is C16H24N2O2S. The Bertz CT molecular complexity index is 514. The van der Waals surface area contributed by atoms with E-state index in [0.717, 1.165) is 31.5 Å². The van der Waals surface area contributed by atoms with Crippen molar-refractivity contribution in [1.29, 1.82) is 0 Å². The Labute approximate surface area is 130 Å². The number of carbonyl (C=O) groups excluding carboxylic acids is 1. The van der Waals surface area contributed by atoms with Crippen molar-refractivity contribution in [2.45, 2.75) is 44.8 Å². The zero-order chi connectivity index (χ0) is 14.8. The number of likely N-dealkylation sites (N-methyl/N-ethyl adjacent to an activating group) is 1. The molecule has 0 spiro atoms. The van der Waals surface area contributed by atoms with Crippen LogP contribution in [0.5, 0.6) is 0 Å². The van der Waals surface area contributed by atoms with Gasteiger partial charge in [-0.2, -0.15) is 0 Å². The third-order valence-corrected chi connectivity index (χ3v) is 5.54. The molecule has 116 valence electrons. The van der Waals surface area contributed by atoms with Crippen LogP contribution < -0.4 is 5.32 Å². The number of likely N-dealkylation sites (tertiary alicyclic amines) is 1. The number of nitrogens with one attached hydrogen (secondary N) is 1. The highest BCUT2D eigenvalue weighted by atomic mass is 32.1. The van der Waals surface area contributed by atoms with E-state index in [9.17, 15) is 4.79 Å². The average molecular weight is 308 g/mol. The van der Waals surface area contributed by atoms with Gasteiger partial charge in [0.2, 0.25) is 0 Å². The molecule has 1 N–H and O–H groups in total. The van der Waals surface area contributed by atoms with E-state index in [-0.39, 0.29) is 18.1 Å². The zero-order valence-corrected chi connectivity index (χ0v) is 13.7. The molecule has 5 heteroatoms. The highest BCUT2D eigenvalue weighted by Crippen LogP contribution is 2.30. The van der Waals surface area contributed by atoms with E-state index in [2.05, 4.69) is 17.3 Å². The first-order chi connectivity index (χ1) is 10.2. The molecule has 1 aromatic rings. The minimum atomic E-state index is 0.0828. The van der Waals surface area contributed by atoms with Gasteiger partial charge in [0.15, 0.2) is 0 Å². The average Bonchev–Trinajstić information content (AvgIpc) is 3.03. The van der Waals surface area contributed by atoms with Gasteiger partial charge < -0.3 is 15.0 Å². The Balaban J connectivity index is 1.70. The Morgan fingerprint density at radius 2 is 2.24 bits per heavy atom. The van der Waals surface area contributed by atoms with Crippen LogP contribution in [0.4, 0.5) is 0 Å². The number of carbonyl (C=O) groups is 1. The molecule has 1 saturated heterocycles. The smallest absolute Gasteiger partial charge is 0.252 e. The van der Waals surface area contributed by atoms with Crippen LogP contribution in [-0.2, 0) is 17.6 Å². The van der Waals surface area contributed by atoms with Crippen LogP contribution in [-0.4, -0.2) is 49.7 Å². The van der Waals surface area contributed by atoms with Gasteiger partial charge in [-0.05, 0) is 45.2 Å². The molecule has 1 amide bonds. The van der Waals surface area contributed by atoms with Gasteiger partial charge in [0.1, 0.15) is 0 Å². The van der Waals surface area contributed by atoms with Gasteiger partial charge in [0.05, 0.1) is 17.7 Å². The SMILES string of the molecule is CCO[C@H]1CN(C)C[C@@H]1NC(=O)c1csc2c1CCCC2. The lowest BCUT2D eigenvalue weighted by Crippen LogP contribution is -2.44. The maximum Gasteiger partial charge on any atom is 0.252 e. The van der Waals surface area contributed by atoms with E-state index in [1.165, 1.54) is 23.3 Å². The van der Waals surface area contributed by atoms with Crippen LogP contribution in [0.2, 0.25) is 0 Å².